The van der Waals surface area contributed by atoms with Crippen molar-refractivity contribution in [2.24, 2.45) is 0 Å². The molecule has 10 heteroatoms. The van der Waals surface area contributed by atoms with E-state index >= 15 is 0 Å². The Bertz CT molecular complexity index is 872. The number of esters is 1. The van der Waals surface area contributed by atoms with Crippen molar-refractivity contribution >= 4 is 17.9 Å². The van der Waals surface area contributed by atoms with Crippen molar-refractivity contribution in [3.8, 4) is 5.75 Å². The highest BCUT2D eigenvalue weighted by atomic mass is 19.4. The number of halogens is 3. The summed E-state index contributed by atoms with van der Waals surface area (Å²) in [6, 6.07) is 11.1. The third-order valence-electron chi connectivity index (χ3n) is 3.57. The molecule has 0 aliphatic heterocycles. The minimum atomic E-state index is -4.56. The lowest BCUT2D eigenvalue weighted by Gasteiger charge is -2.17. The molecule has 0 fully saturated rings. The number of ether oxygens (including phenoxy) is 2. The second-order valence-corrected chi connectivity index (χ2v) is 5.66. The zero-order chi connectivity index (χ0) is 21.4. The standard InChI is InChI=1S/C19H17F3N2O5/c1-23-18(27)24-17(26)16(12-6-3-2-4-7-12)29-15(25)11-28-14-9-5-8-13(10-14)19(20,21)22/h2-10,16H,11H2,1H3,(H2,23,24,26,27)/t16-/m0/s1. The Morgan fingerprint density at radius 3 is 2.34 bits per heavy atom. The summed E-state index contributed by atoms with van der Waals surface area (Å²) in [5.74, 6) is -2.10. The summed E-state index contributed by atoms with van der Waals surface area (Å²) >= 11 is 0. The first kappa shape index (κ1) is 21.7. The van der Waals surface area contributed by atoms with E-state index in [1.165, 1.54) is 25.2 Å². The van der Waals surface area contributed by atoms with Crippen LogP contribution < -0.4 is 15.4 Å². The van der Waals surface area contributed by atoms with Gasteiger partial charge in [-0.2, -0.15) is 13.2 Å². The summed E-state index contributed by atoms with van der Waals surface area (Å²) in [6.45, 7) is -0.738. The van der Waals surface area contributed by atoms with Gasteiger partial charge >= 0.3 is 18.2 Å². The maximum Gasteiger partial charge on any atom is 0.416 e. The zero-order valence-corrected chi connectivity index (χ0v) is 15.2. The van der Waals surface area contributed by atoms with Gasteiger partial charge in [-0.05, 0) is 18.2 Å². The molecular weight excluding hydrogens is 393 g/mol. The van der Waals surface area contributed by atoms with Gasteiger partial charge in [-0.25, -0.2) is 9.59 Å². The topological polar surface area (TPSA) is 93.7 Å². The summed E-state index contributed by atoms with van der Waals surface area (Å²) in [6.07, 6.45) is -6.01. The number of alkyl halides is 3. The van der Waals surface area contributed by atoms with Crippen molar-refractivity contribution in [3.05, 3.63) is 65.7 Å². The van der Waals surface area contributed by atoms with Crippen molar-refractivity contribution in [2.45, 2.75) is 12.3 Å². The van der Waals surface area contributed by atoms with Crippen molar-refractivity contribution < 1.29 is 37.0 Å². The van der Waals surface area contributed by atoms with Crippen LogP contribution in [0.25, 0.3) is 0 Å². The third-order valence-corrected chi connectivity index (χ3v) is 3.57. The highest BCUT2D eigenvalue weighted by Gasteiger charge is 2.31. The fraction of sp³-hybridized carbons (Fsp3) is 0.211. The minimum Gasteiger partial charge on any atom is -0.482 e. The van der Waals surface area contributed by atoms with Gasteiger partial charge in [0.1, 0.15) is 5.75 Å². The maximum atomic E-state index is 12.7. The molecule has 0 spiro atoms. The lowest BCUT2D eigenvalue weighted by Crippen LogP contribution is -2.41. The van der Waals surface area contributed by atoms with E-state index in [0.717, 1.165) is 18.2 Å². The maximum absolute atomic E-state index is 12.7. The van der Waals surface area contributed by atoms with Crippen LogP contribution in [0, 0.1) is 0 Å². The lowest BCUT2D eigenvalue weighted by molar-refractivity contribution is -0.158. The van der Waals surface area contributed by atoms with Gasteiger partial charge in [-0.1, -0.05) is 36.4 Å². The molecule has 154 valence electrons. The molecule has 29 heavy (non-hydrogen) atoms. The number of amides is 3. The highest BCUT2D eigenvalue weighted by molar-refractivity contribution is 5.97. The van der Waals surface area contributed by atoms with Crippen LogP contribution >= 0.6 is 0 Å². The quantitative estimate of drug-likeness (QED) is 0.715. The number of nitrogens with one attached hydrogen (secondary N) is 2. The Labute approximate surface area is 163 Å². The largest absolute Gasteiger partial charge is 0.482 e. The van der Waals surface area contributed by atoms with Gasteiger partial charge < -0.3 is 14.8 Å². The number of hydrogen-bond acceptors (Lipinski definition) is 5. The molecule has 3 amide bonds. The van der Waals surface area contributed by atoms with Crippen LogP contribution in [0.15, 0.2) is 54.6 Å². The molecule has 0 aromatic heterocycles. The molecule has 0 heterocycles. The first-order valence-electron chi connectivity index (χ1n) is 8.27. The Hall–Kier alpha value is -3.56. The molecule has 2 aromatic rings. The molecule has 0 aliphatic carbocycles. The number of imide groups is 1. The van der Waals surface area contributed by atoms with E-state index in [1.807, 2.05) is 5.32 Å². The van der Waals surface area contributed by atoms with Crippen LogP contribution in [-0.4, -0.2) is 31.6 Å². The Morgan fingerprint density at radius 2 is 1.72 bits per heavy atom. The second-order valence-electron chi connectivity index (χ2n) is 5.66. The molecule has 7 nitrogen and oxygen atoms in total. The zero-order valence-electron chi connectivity index (χ0n) is 15.2. The third kappa shape index (κ3) is 6.52. The van der Waals surface area contributed by atoms with Crippen LogP contribution in [0.5, 0.6) is 5.75 Å². The number of hydrogen-bond donors (Lipinski definition) is 2. The Balaban J connectivity index is 2.06. The van der Waals surface area contributed by atoms with E-state index < -0.39 is 42.4 Å². The molecule has 0 radical (unpaired) electrons. The summed E-state index contributed by atoms with van der Waals surface area (Å²) in [5.41, 5.74) is -0.642. The van der Waals surface area contributed by atoms with Crippen molar-refractivity contribution in [2.75, 3.05) is 13.7 Å². The van der Waals surface area contributed by atoms with Crippen molar-refractivity contribution in [1.29, 1.82) is 0 Å². The van der Waals surface area contributed by atoms with Crippen LogP contribution in [0.3, 0.4) is 0 Å². The number of benzene rings is 2. The predicted molar refractivity (Wildman–Crippen MR) is 94.8 cm³/mol. The summed E-state index contributed by atoms with van der Waals surface area (Å²) < 4.78 is 48.3. The molecule has 0 unspecified atom stereocenters. The van der Waals surface area contributed by atoms with Crippen LogP contribution in [0.2, 0.25) is 0 Å². The molecule has 2 N–H and O–H groups in total. The van der Waals surface area contributed by atoms with E-state index in [1.54, 1.807) is 18.2 Å². The molecule has 0 aliphatic rings. The van der Waals surface area contributed by atoms with Gasteiger partial charge in [-0.15, -0.1) is 0 Å². The fourth-order valence-corrected chi connectivity index (χ4v) is 2.21. The van der Waals surface area contributed by atoms with E-state index in [4.69, 9.17) is 9.47 Å². The number of rotatable bonds is 6. The summed E-state index contributed by atoms with van der Waals surface area (Å²) in [5, 5.41) is 4.19. The van der Waals surface area contributed by atoms with Gasteiger partial charge in [0.15, 0.2) is 6.61 Å². The number of carbonyl (C=O) groups is 3. The molecule has 0 saturated heterocycles. The van der Waals surface area contributed by atoms with Crippen molar-refractivity contribution in [3.63, 3.8) is 0 Å². The average Bonchev–Trinajstić information content (AvgIpc) is 2.70. The smallest absolute Gasteiger partial charge is 0.416 e. The van der Waals surface area contributed by atoms with Gasteiger partial charge in [0, 0.05) is 12.6 Å². The molecule has 0 saturated carbocycles. The molecule has 2 rings (SSSR count). The Kier molecular flexibility index (Phi) is 7.18. The number of carbonyl (C=O) groups excluding carboxylic acids is 3. The minimum absolute atomic E-state index is 0.192. The molecular formula is C19H17F3N2O5. The predicted octanol–water partition coefficient (Wildman–Crippen LogP) is 2.82. The molecule has 0 bridgehead atoms. The summed E-state index contributed by atoms with van der Waals surface area (Å²) in [7, 11) is 1.30. The van der Waals surface area contributed by atoms with Gasteiger partial charge in [0.25, 0.3) is 5.91 Å². The Morgan fingerprint density at radius 1 is 1.03 bits per heavy atom. The fourth-order valence-electron chi connectivity index (χ4n) is 2.21. The monoisotopic (exact) mass is 410 g/mol. The van der Waals surface area contributed by atoms with Gasteiger partial charge in [0.05, 0.1) is 5.56 Å². The van der Waals surface area contributed by atoms with Gasteiger partial charge in [-0.3, -0.25) is 10.1 Å². The second kappa shape index (κ2) is 9.58. The van der Waals surface area contributed by atoms with E-state index in [0.29, 0.717) is 5.56 Å². The van der Waals surface area contributed by atoms with E-state index in [2.05, 4.69) is 5.32 Å². The normalized spacial score (nSPS) is 11.9. The molecule has 2 aromatic carbocycles. The molecule has 1 atom stereocenters. The van der Waals surface area contributed by atoms with Crippen molar-refractivity contribution in [1.82, 2.24) is 10.6 Å². The average molecular weight is 410 g/mol. The van der Waals surface area contributed by atoms with Crippen LogP contribution in [0.4, 0.5) is 18.0 Å². The first-order chi connectivity index (χ1) is 13.7. The lowest BCUT2D eigenvalue weighted by atomic mass is 10.1. The highest BCUT2D eigenvalue weighted by Crippen LogP contribution is 2.31. The SMILES string of the molecule is CNC(=O)NC(=O)[C@@H](OC(=O)COc1cccc(C(F)(F)F)c1)c1ccccc1. The van der Waals surface area contributed by atoms with Gasteiger partial charge in [0.2, 0.25) is 6.10 Å². The van der Waals surface area contributed by atoms with Crippen LogP contribution in [-0.2, 0) is 20.5 Å². The van der Waals surface area contributed by atoms with Crippen LogP contribution in [0.1, 0.15) is 17.2 Å². The van der Waals surface area contributed by atoms with E-state index in [9.17, 15) is 27.6 Å². The first-order valence-corrected chi connectivity index (χ1v) is 8.27. The number of urea groups is 1. The summed E-state index contributed by atoms with van der Waals surface area (Å²) in [4.78, 5) is 35.7. The van der Waals surface area contributed by atoms with E-state index in [-0.39, 0.29) is 5.75 Å².